The highest BCUT2D eigenvalue weighted by molar-refractivity contribution is 7.80. The van der Waals surface area contributed by atoms with E-state index in [1.165, 1.54) is 0 Å². The van der Waals surface area contributed by atoms with Gasteiger partial charge in [-0.25, -0.2) is 0 Å². The lowest BCUT2D eigenvalue weighted by Gasteiger charge is -2.55. The molecule has 0 saturated carbocycles. The highest BCUT2D eigenvalue weighted by Gasteiger charge is 2.72. The first kappa shape index (κ1) is 42.9. The maximum Gasteiger partial charge on any atom is 0.303 e. The highest BCUT2D eigenvalue weighted by Crippen LogP contribution is 2.45. The number of esters is 4. The van der Waals surface area contributed by atoms with E-state index in [4.69, 9.17) is 37.9 Å². The van der Waals surface area contributed by atoms with Crippen LogP contribution in [0.1, 0.15) is 48.5 Å². The number of ketones is 3. The Morgan fingerprint density at radius 1 is 0.792 bits per heavy atom. The summed E-state index contributed by atoms with van der Waals surface area (Å²) in [5.74, 6) is -7.49. The number of non-ortho nitro benzene ring substituents is 1. The molecule has 2 heterocycles. The fourth-order valence-electron chi connectivity index (χ4n) is 5.90. The number of Topliss-reactive ketones (excluding diaryl/α,β-unsaturated/α-hetero) is 3. The molecule has 3 rings (SSSR count). The van der Waals surface area contributed by atoms with E-state index in [1.807, 2.05) is 0 Å². The predicted octanol–water partition coefficient (Wildman–Crippen LogP) is -0.306. The van der Waals surface area contributed by atoms with E-state index in [9.17, 15) is 53.9 Å². The first-order valence-electron chi connectivity index (χ1n) is 15.7. The second-order valence-corrected chi connectivity index (χ2v) is 12.6. The molecule has 1 aromatic rings. The van der Waals surface area contributed by atoms with Crippen molar-refractivity contribution in [2.45, 2.75) is 114 Å². The molecule has 0 radical (unpaired) electrons. The Morgan fingerprint density at radius 3 is 1.75 bits per heavy atom. The molecular weight excluding hydrogens is 734 g/mol. The Labute approximate surface area is 306 Å². The largest absolute Gasteiger partial charge is 0.480 e. The molecule has 21 heteroatoms. The third kappa shape index (κ3) is 9.16. The second-order valence-electron chi connectivity index (χ2n) is 12.1. The van der Waals surface area contributed by atoms with Crippen LogP contribution in [0.5, 0.6) is 5.75 Å². The molecule has 2 fully saturated rings. The van der Waals surface area contributed by atoms with E-state index in [1.54, 1.807) is 0 Å². The van der Waals surface area contributed by atoms with Crippen molar-refractivity contribution < 1.29 is 86.6 Å². The van der Waals surface area contributed by atoms with Crippen LogP contribution >= 0.6 is 12.6 Å². The van der Waals surface area contributed by atoms with Crippen molar-refractivity contribution in [3.63, 3.8) is 0 Å². The molecule has 20 nitrogen and oxygen atoms in total. The minimum atomic E-state index is -3.39. The van der Waals surface area contributed by atoms with Gasteiger partial charge in [0.15, 0.2) is 59.3 Å². The minimum absolute atomic E-state index is 0.167. The fraction of sp³-hybridized carbons (Fsp3) is 0.594. The third-order valence-corrected chi connectivity index (χ3v) is 8.74. The van der Waals surface area contributed by atoms with E-state index < -0.39 is 118 Å². The summed E-state index contributed by atoms with van der Waals surface area (Å²) < 4.78 is 44.9. The lowest BCUT2D eigenvalue weighted by atomic mass is 9.69. The molecule has 0 spiro atoms. The monoisotopic (exact) mass is 773 g/mol. The Hall–Kier alpha value is -4.54. The van der Waals surface area contributed by atoms with Gasteiger partial charge in [0.05, 0.1) is 4.92 Å². The van der Waals surface area contributed by atoms with E-state index in [2.05, 4.69) is 12.6 Å². The number of rotatable bonds is 14. The number of carbonyl (C=O) groups is 7. The number of hydrogen-bond donors (Lipinski definition) is 3. The van der Waals surface area contributed by atoms with Crippen LogP contribution in [0, 0.1) is 10.1 Å². The van der Waals surface area contributed by atoms with Gasteiger partial charge < -0.3 is 48.1 Å². The molecule has 2 aliphatic heterocycles. The van der Waals surface area contributed by atoms with Gasteiger partial charge in [-0.3, -0.25) is 43.7 Å². The molecule has 1 aromatic carbocycles. The van der Waals surface area contributed by atoms with E-state index in [0.29, 0.717) is 0 Å². The van der Waals surface area contributed by atoms with Gasteiger partial charge >= 0.3 is 23.9 Å². The summed E-state index contributed by atoms with van der Waals surface area (Å²) >= 11 is 4.14. The van der Waals surface area contributed by atoms with Gasteiger partial charge in [0.25, 0.3) is 5.69 Å². The van der Waals surface area contributed by atoms with Crippen molar-refractivity contribution in [1.82, 2.24) is 0 Å². The van der Waals surface area contributed by atoms with Gasteiger partial charge in [0.2, 0.25) is 0 Å². The second kappa shape index (κ2) is 17.1. The van der Waals surface area contributed by atoms with Crippen molar-refractivity contribution in [1.29, 1.82) is 0 Å². The Bertz CT molecular complexity index is 1620. The maximum atomic E-state index is 13.5. The zero-order valence-corrected chi connectivity index (χ0v) is 30.3. The molecule has 53 heavy (non-hydrogen) atoms. The lowest BCUT2D eigenvalue weighted by molar-refractivity contribution is -0.384. The van der Waals surface area contributed by atoms with Crippen LogP contribution in [0.15, 0.2) is 24.3 Å². The summed E-state index contributed by atoms with van der Waals surface area (Å²) in [5.41, 5.74) is -9.02. The lowest BCUT2D eigenvalue weighted by Crippen LogP contribution is -2.80. The van der Waals surface area contributed by atoms with Crippen LogP contribution < -0.4 is 4.74 Å². The number of carbonyl (C=O) groups excluding carboxylic acids is 7. The number of benzene rings is 1. The van der Waals surface area contributed by atoms with E-state index in [0.717, 1.165) is 72.7 Å². The quantitative estimate of drug-likeness (QED) is 0.0719. The zero-order valence-electron chi connectivity index (χ0n) is 29.4. The number of nitrogens with zero attached hydrogens (tertiary/aromatic N) is 1. The first-order chi connectivity index (χ1) is 24.6. The topological polar surface area (TPSA) is 277 Å². The van der Waals surface area contributed by atoms with Crippen LogP contribution in [0.25, 0.3) is 0 Å². The van der Waals surface area contributed by atoms with Crippen LogP contribution in [0.4, 0.5) is 5.69 Å². The Morgan fingerprint density at radius 2 is 1.30 bits per heavy atom. The number of thiol groups is 1. The van der Waals surface area contributed by atoms with Crippen molar-refractivity contribution >= 4 is 59.5 Å². The molecule has 0 aromatic heterocycles. The molecule has 2 N–H and O–H groups in total. The summed E-state index contributed by atoms with van der Waals surface area (Å²) in [7, 11) is 0. The summed E-state index contributed by atoms with van der Waals surface area (Å²) in [6, 6.07) is 4.32. The number of ether oxygens (including phenoxy) is 8. The van der Waals surface area contributed by atoms with Gasteiger partial charge in [-0.2, -0.15) is 0 Å². The number of hydrogen-bond acceptors (Lipinski definition) is 20. The molecule has 2 aliphatic rings. The van der Waals surface area contributed by atoms with Gasteiger partial charge in [-0.05, 0) is 32.9 Å². The molecule has 0 aliphatic carbocycles. The van der Waals surface area contributed by atoms with Crippen LogP contribution in [-0.4, -0.2) is 129 Å². The molecule has 2 saturated heterocycles. The smallest absolute Gasteiger partial charge is 0.303 e. The molecule has 0 bridgehead atoms. The van der Waals surface area contributed by atoms with Gasteiger partial charge in [0, 0.05) is 39.8 Å². The zero-order chi connectivity index (χ0) is 40.2. The van der Waals surface area contributed by atoms with Gasteiger partial charge in [-0.1, -0.05) is 0 Å². The summed E-state index contributed by atoms with van der Waals surface area (Å²) in [4.78, 5) is 99.0. The van der Waals surface area contributed by atoms with Crippen LogP contribution in [0.3, 0.4) is 0 Å². The van der Waals surface area contributed by atoms with Crippen LogP contribution in [-0.2, 0) is 66.7 Å². The average molecular weight is 774 g/mol. The minimum Gasteiger partial charge on any atom is -0.480 e. The third-order valence-electron chi connectivity index (χ3n) is 8.25. The molecular formula is C32H39NO19S. The Balaban J connectivity index is 2.30. The SMILES string of the molecule is CC(=O)OC[C@H]1O[C@@H](O[C@@H]2[C@@H](C(Oc3ccc([N+](=O)[O-])cc3)C(C)=O)O[C@@H](S)[C@@](O)(C(C)=O)[C@]2(O)C(C)=O)[C@H](OC(C)=O)[C@@H](OC(C)=O)[C@@H]1OC(C)=O. The van der Waals surface area contributed by atoms with Gasteiger partial charge in [0.1, 0.15) is 36.1 Å². The number of nitro benzene ring substituents is 1. The van der Waals surface area contributed by atoms with Crippen molar-refractivity contribution in [2.24, 2.45) is 0 Å². The summed E-state index contributed by atoms with van der Waals surface area (Å²) in [6.07, 6.45) is -15.5. The van der Waals surface area contributed by atoms with Crippen LogP contribution in [0.2, 0.25) is 0 Å². The standard InChI is InChI=1S/C32H39NO19S/c1-13(34)23(49-21-10-8-20(9-11-21)33(43)44)26-28(31(41,14(2)35)32(42,15(3)36)30(53)51-26)52-29-27(48-19(7)40)25(47-18(6)39)24(46-17(5)38)22(50-29)12-45-16(4)37/h8-11,22-30,41-42,53H,12H2,1-7H3/t22-,23?,24-,25+,26-,27-,28-,29+,30+,31+,32+/m1/s1. The maximum absolute atomic E-state index is 13.5. The Kier molecular flexibility index (Phi) is 13.8. The van der Waals surface area contributed by atoms with Crippen molar-refractivity contribution in [2.75, 3.05) is 6.61 Å². The molecule has 292 valence electrons. The fourth-order valence-corrected chi connectivity index (χ4v) is 6.41. The van der Waals surface area contributed by atoms with Crippen molar-refractivity contribution in [3.05, 3.63) is 34.4 Å². The van der Waals surface area contributed by atoms with Gasteiger partial charge in [-0.15, -0.1) is 12.6 Å². The summed E-state index contributed by atoms with van der Waals surface area (Å²) in [5, 5.41) is 35.2. The van der Waals surface area contributed by atoms with Crippen molar-refractivity contribution in [3.8, 4) is 5.75 Å². The molecule has 0 amide bonds. The molecule has 11 atom stereocenters. The number of aliphatic hydroxyl groups is 2. The normalized spacial score (nSPS) is 31.6. The predicted molar refractivity (Wildman–Crippen MR) is 174 cm³/mol. The summed E-state index contributed by atoms with van der Waals surface area (Å²) in [6.45, 7) is 5.73. The molecule has 1 unspecified atom stereocenters. The van der Waals surface area contributed by atoms with E-state index in [-0.39, 0.29) is 11.4 Å². The van der Waals surface area contributed by atoms with E-state index >= 15 is 0 Å². The first-order valence-corrected chi connectivity index (χ1v) is 16.3. The highest BCUT2D eigenvalue weighted by atomic mass is 32.1. The number of nitro groups is 1. The average Bonchev–Trinajstić information content (AvgIpc) is 3.04.